The molecule has 118 valence electrons. The first-order valence-corrected chi connectivity index (χ1v) is 8.03. The zero-order chi connectivity index (χ0) is 15.2. The number of amides is 1. The Kier molecular flexibility index (Phi) is 6.96. The van der Waals surface area contributed by atoms with Gasteiger partial charge < -0.3 is 15.5 Å². The van der Waals surface area contributed by atoms with Crippen LogP contribution in [-0.2, 0) is 4.79 Å². The SMILES string of the molecule is CC(C)CN1CCC(NCCC(=O)NC(C)(C)C)CC1. The summed E-state index contributed by atoms with van der Waals surface area (Å²) >= 11 is 0. The number of likely N-dealkylation sites (tertiary alicyclic amines) is 1. The van der Waals surface area contributed by atoms with E-state index in [9.17, 15) is 4.79 Å². The summed E-state index contributed by atoms with van der Waals surface area (Å²) in [5.41, 5.74) is -0.126. The summed E-state index contributed by atoms with van der Waals surface area (Å²) < 4.78 is 0. The summed E-state index contributed by atoms with van der Waals surface area (Å²) in [5.74, 6) is 0.892. The molecule has 0 bridgehead atoms. The Hall–Kier alpha value is -0.610. The van der Waals surface area contributed by atoms with Gasteiger partial charge in [-0.3, -0.25) is 4.79 Å². The fraction of sp³-hybridized carbons (Fsp3) is 0.938. The van der Waals surface area contributed by atoms with E-state index in [1.807, 2.05) is 20.8 Å². The highest BCUT2D eigenvalue weighted by atomic mass is 16.1. The van der Waals surface area contributed by atoms with Crippen LogP contribution in [0.3, 0.4) is 0 Å². The first kappa shape index (κ1) is 17.4. The van der Waals surface area contributed by atoms with E-state index in [1.165, 1.54) is 32.5 Å². The minimum absolute atomic E-state index is 0.126. The molecule has 0 unspecified atom stereocenters. The molecule has 1 aliphatic heterocycles. The summed E-state index contributed by atoms with van der Waals surface area (Å²) in [6, 6.07) is 0.584. The third kappa shape index (κ3) is 7.85. The zero-order valence-electron chi connectivity index (χ0n) is 14.0. The molecule has 2 N–H and O–H groups in total. The van der Waals surface area contributed by atoms with Gasteiger partial charge in [-0.25, -0.2) is 0 Å². The fourth-order valence-corrected chi connectivity index (χ4v) is 2.71. The van der Waals surface area contributed by atoms with Gasteiger partial charge in [0.2, 0.25) is 5.91 Å². The molecule has 0 aromatic carbocycles. The standard InChI is InChI=1S/C16H33N3O/c1-13(2)12-19-10-7-14(8-11-19)17-9-6-15(20)18-16(3,4)5/h13-14,17H,6-12H2,1-5H3,(H,18,20). The minimum atomic E-state index is -0.126. The molecule has 20 heavy (non-hydrogen) atoms. The Balaban J connectivity index is 2.11. The number of rotatable bonds is 6. The summed E-state index contributed by atoms with van der Waals surface area (Å²) in [4.78, 5) is 14.3. The Morgan fingerprint density at radius 3 is 2.35 bits per heavy atom. The van der Waals surface area contributed by atoms with Crippen LogP contribution in [0, 0.1) is 5.92 Å². The van der Waals surface area contributed by atoms with Gasteiger partial charge in [-0.2, -0.15) is 0 Å². The number of hydrogen-bond donors (Lipinski definition) is 2. The van der Waals surface area contributed by atoms with E-state index in [4.69, 9.17) is 0 Å². The van der Waals surface area contributed by atoms with Crippen LogP contribution in [0.2, 0.25) is 0 Å². The Morgan fingerprint density at radius 1 is 1.25 bits per heavy atom. The third-order valence-electron chi connectivity index (χ3n) is 3.51. The second-order valence-corrected chi connectivity index (χ2v) is 7.47. The number of nitrogens with zero attached hydrogens (tertiary/aromatic N) is 1. The molecule has 1 aliphatic rings. The summed E-state index contributed by atoms with van der Waals surface area (Å²) in [6.45, 7) is 15.0. The summed E-state index contributed by atoms with van der Waals surface area (Å²) in [6.07, 6.45) is 2.98. The van der Waals surface area contributed by atoms with Gasteiger partial charge in [0.15, 0.2) is 0 Å². The molecule has 1 saturated heterocycles. The highest BCUT2D eigenvalue weighted by Crippen LogP contribution is 2.12. The molecular weight excluding hydrogens is 250 g/mol. The van der Waals surface area contributed by atoms with Crippen LogP contribution in [0.4, 0.5) is 0 Å². The maximum Gasteiger partial charge on any atom is 0.221 e. The highest BCUT2D eigenvalue weighted by molar-refractivity contribution is 5.76. The monoisotopic (exact) mass is 283 g/mol. The smallest absolute Gasteiger partial charge is 0.221 e. The van der Waals surface area contributed by atoms with Crippen molar-refractivity contribution in [3.63, 3.8) is 0 Å². The van der Waals surface area contributed by atoms with E-state index in [-0.39, 0.29) is 11.4 Å². The molecule has 0 atom stereocenters. The summed E-state index contributed by atoms with van der Waals surface area (Å²) in [5, 5.41) is 6.52. The van der Waals surface area contributed by atoms with Gasteiger partial charge in [0.05, 0.1) is 0 Å². The van der Waals surface area contributed by atoms with Crippen molar-refractivity contribution in [2.75, 3.05) is 26.2 Å². The molecule has 0 aliphatic carbocycles. The Labute approximate surface area is 124 Å². The Bertz CT molecular complexity index is 289. The average molecular weight is 283 g/mol. The van der Waals surface area contributed by atoms with Gasteiger partial charge in [0.25, 0.3) is 0 Å². The van der Waals surface area contributed by atoms with E-state index in [2.05, 4.69) is 29.4 Å². The number of carbonyl (C=O) groups is 1. The quantitative estimate of drug-likeness (QED) is 0.784. The van der Waals surface area contributed by atoms with Crippen molar-refractivity contribution in [1.29, 1.82) is 0 Å². The van der Waals surface area contributed by atoms with Gasteiger partial charge >= 0.3 is 0 Å². The normalized spacial score (nSPS) is 18.5. The molecule has 0 spiro atoms. The molecule has 0 radical (unpaired) electrons. The number of carbonyl (C=O) groups excluding carboxylic acids is 1. The lowest BCUT2D eigenvalue weighted by Crippen LogP contribution is -2.45. The maximum atomic E-state index is 11.7. The Morgan fingerprint density at radius 2 is 1.85 bits per heavy atom. The first-order chi connectivity index (χ1) is 9.26. The zero-order valence-corrected chi connectivity index (χ0v) is 14.0. The van der Waals surface area contributed by atoms with Crippen LogP contribution < -0.4 is 10.6 Å². The molecule has 1 amide bonds. The van der Waals surface area contributed by atoms with E-state index in [1.54, 1.807) is 0 Å². The van der Waals surface area contributed by atoms with Gasteiger partial charge in [-0.15, -0.1) is 0 Å². The van der Waals surface area contributed by atoms with E-state index in [0.717, 1.165) is 12.5 Å². The second-order valence-electron chi connectivity index (χ2n) is 7.47. The van der Waals surface area contributed by atoms with Gasteiger partial charge in [0.1, 0.15) is 0 Å². The third-order valence-corrected chi connectivity index (χ3v) is 3.51. The van der Waals surface area contributed by atoms with Crippen molar-refractivity contribution < 1.29 is 4.79 Å². The molecule has 1 rings (SSSR count). The van der Waals surface area contributed by atoms with Crippen LogP contribution in [0.5, 0.6) is 0 Å². The predicted octanol–water partition coefficient (Wildman–Crippen LogP) is 2.00. The van der Waals surface area contributed by atoms with Crippen LogP contribution in [0.15, 0.2) is 0 Å². The predicted molar refractivity (Wildman–Crippen MR) is 84.8 cm³/mol. The van der Waals surface area contributed by atoms with Crippen molar-refractivity contribution in [3.8, 4) is 0 Å². The van der Waals surface area contributed by atoms with Crippen molar-refractivity contribution in [3.05, 3.63) is 0 Å². The van der Waals surface area contributed by atoms with Crippen molar-refractivity contribution in [2.24, 2.45) is 5.92 Å². The van der Waals surface area contributed by atoms with E-state index in [0.29, 0.717) is 12.5 Å². The number of piperidine rings is 1. The van der Waals surface area contributed by atoms with Gasteiger partial charge in [0, 0.05) is 31.1 Å². The van der Waals surface area contributed by atoms with Crippen molar-refractivity contribution >= 4 is 5.91 Å². The minimum Gasteiger partial charge on any atom is -0.351 e. The van der Waals surface area contributed by atoms with Crippen molar-refractivity contribution in [2.45, 2.75) is 65.5 Å². The van der Waals surface area contributed by atoms with Gasteiger partial charge in [-0.05, 0) is 52.6 Å². The molecule has 0 aromatic heterocycles. The van der Waals surface area contributed by atoms with Crippen LogP contribution >= 0.6 is 0 Å². The van der Waals surface area contributed by atoms with Gasteiger partial charge in [-0.1, -0.05) is 13.8 Å². The van der Waals surface area contributed by atoms with Crippen LogP contribution in [0.25, 0.3) is 0 Å². The molecule has 4 nitrogen and oxygen atoms in total. The molecule has 1 heterocycles. The topological polar surface area (TPSA) is 44.4 Å². The maximum absolute atomic E-state index is 11.7. The largest absolute Gasteiger partial charge is 0.351 e. The lowest BCUT2D eigenvalue weighted by atomic mass is 10.0. The number of nitrogens with one attached hydrogen (secondary N) is 2. The molecule has 0 aromatic rings. The second kappa shape index (κ2) is 7.99. The highest BCUT2D eigenvalue weighted by Gasteiger charge is 2.19. The molecule has 0 saturated carbocycles. The lowest BCUT2D eigenvalue weighted by molar-refractivity contribution is -0.122. The summed E-state index contributed by atoms with van der Waals surface area (Å²) in [7, 11) is 0. The van der Waals surface area contributed by atoms with Crippen LogP contribution in [-0.4, -0.2) is 48.6 Å². The first-order valence-electron chi connectivity index (χ1n) is 8.03. The van der Waals surface area contributed by atoms with E-state index >= 15 is 0 Å². The van der Waals surface area contributed by atoms with Crippen molar-refractivity contribution in [1.82, 2.24) is 15.5 Å². The molecule has 1 fully saturated rings. The number of hydrogen-bond acceptors (Lipinski definition) is 3. The molecular formula is C16H33N3O. The average Bonchev–Trinajstić information content (AvgIpc) is 2.28. The lowest BCUT2D eigenvalue weighted by Gasteiger charge is -2.33. The van der Waals surface area contributed by atoms with Crippen LogP contribution in [0.1, 0.15) is 53.9 Å². The molecule has 4 heteroatoms. The van der Waals surface area contributed by atoms with E-state index < -0.39 is 0 Å². The fourth-order valence-electron chi connectivity index (χ4n) is 2.71.